The molecule has 1 aliphatic rings. The highest BCUT2D eigenvalue weighted by atomic mass is 35.5. The zero-order valence-corrected chi connectivity index (χ0v) is 16.2. The highest BCUT2D eigenvalue weighted by molar-refractivity contribution is 7.99. The van der Waals surface area contributed by atoms with Gasteiger partial charge in [-0.2, -0.15) is 0 Å². The number of carbonyl (C=O) groups excluding carboxylic acids is 1. The molecule has 2 aromatic rings. The maximum absolute atomic E-state index is 12.1. The Kier molecular flexibility index (Phi) is 6.80. The van der Waals surface area contributed by atoms with Crippen LogP contribution >= 0.6 is 23.4 Å². The smallest absolute Gasteiger partial charge is 0.277 e. The second kappa shape index (κ2) is 9.28. The van der Waals surface area contributed by atoms with Crippen molar-refractivity contribution in [2.24, 2.45) is 5.92 Å². The average molecular weight is 396 g/mol. The zero-order valence-electron chi connectivity index (χ0n) is 14.6. The van der Waals surface area contributed by atoms with Crippen LogP contribution in [-0.4, -0.2) is 27.9 Å². The van der Waals surface area contributed by atoms with Gasteiger partial charge in [-0.05, 0) is 30.9 Å². The normalized spacial score (nSPS) is 19.9. The molecule has 6 nitrogen and oxygen atoms in total. The fraction of sp³-hybridized carbons (Fsp3) is 0.500. The lowest BCUT2D eigenvalue weighted by Gasteiger charge is -2.29. The van der Waals surface area contributed by atoms with Gasteiger partial charge in [0, 0.05) is 6.04 Å². The number of aromatic nitrogens is 2. The minimum atomic E-state index is 0.000757. The van der Waals surface area contributed by atoms with Crippen molar-refractivity contribution in [2.75, 3.05) is 5.75 Å². The van der Waals surface area contributed by atoms with Crippen molar-refractivity contribution in [3.05, 3.63) is 35.2 Å². The number of rotatable bonds is 7. The zero-order chi connectivity index (χ0) is 18.4. The van der Waals surface area contributed by atoms with E-state index in [1.165, 1.54) is 31.0 Å². The Morgan fingerprint density at radius 3 is 2.96 bits per heavy atom. The summed E-state index contributed by atoms with van der Waals surface area (Å²) in [6, 6.07) is 7.46. The van der Waals surface area contributed by atoms with Gasteiger partial charge in [-0.3, -0.25) is 4.79 Å². The molecule has 1 aromatic heterocycles. The highest BCUT2D eigenvalue weighted by Gasteiger charge is 2.23. The summed E-state index contributed by atoms with van der Waals surface area (Å²) in [6.45, 7) is 2.32. The molecule has 1 heterocycles. The van der Waals surface area contributed by atoms with E-state index in [1.54, 1.807) is 12.1 Å². The molecule has 0 radical (unpaired) electrons. The summed E-state index contributed by atoms with van der Waals surface area (Å²) in [6.07, 6.45) is 4.67. The van der Waals surface area contributed by atoms with Gasteiger partial charge in [-0.15, -0.1) is 10.2 Å². The second-order valence-electron chi connectivity index (χ2n) is 6.41. The number of nitrogens with one attached hydrogen (secondary N) is 1. The third-order valence-electron chi connectivity index (χ3n) is 4.42. The molecule has 1 aliphatic carbocycles. The molecule has 1 amide bonds. The lowest BCUT2D eigenvalue weighted by molar-refractivity contribution is -0.119. The fourth-order valence-corrected chi connectivity index (χ4v) is 3.74. The van der Waals surface area contributed by atoms with Gasteiger partial charge in [0.25, 0.3) is 11.1 Å². The van der Waals surface area contributed by atoms with Gasteiger partial charge >= 0.3 is 0 Å². The van der Waals surface area contributed by atoms with Crippen LogP contribution in [0.25, 0.3) is 0 Å². The minimum Gasteiger partial charge on any atom is -0.482 e. The van der Waals surface area contributed by atoms with Crippen LogP contribution in [0.15, 0.2) is 33.9 Å². The summed E-state index contributed by atoms with van der Waals surface area (Å²) < 4.78 is 11.1. The molecule has 0 saturated heterocycles. The Balaban J connectivity index is 1.43. The molecule has 0 unspecified atom stereocenters. The Hall–Kier alpha value is -1.73. The van der Waals surface area contributed by atoms with Crippen molar-refractivity contribution in [2.45, 2.75) is 50.5 Å². The van der Waals surface area contributed by atoms with Crippen molar-refractivity contribution >= 4 is 29.3 Å². The van der Waals surface area contributed by atoms with Crippen molar-refractivity contribution in [1.29, 1.82) is 0 Å². The maximum atomic E-state index is 12.1. The molecule has 1 saturated carbocycles. The molecule has 0 spiro atoms. The summed E-state index contributed by atoms with van der Waals surface area (Å²) in [7, 11) is 0. The summed E-state index contributed by atoms with van der Waals surface area (Å²) in [5, 5.41) is 11.9. The fourth-order valence-electron chi connectivity index (χ4n) is 2.96. The van der Waals surface area contributed by atoms with Crippen molar-refractivity contribution in [1.82, 2.24) is 15.5 Å². The van der Waals surface area contributed by atoms with E-state index in [4.69, 9.17) is 20.8 Å². The van der Waals surface area contributed by atoms with Gasteiger partial charge in [0.15, 0.2) is 6.61 Å². The predicted octanol–water partition coefficient (Wildman–Crippen LogP) is 4.09. The number of hydrogen-bond donors (Lipinski definition) is 1. The first-order valence-corrected chi connectivity index (χ1v) is 10.1. The number of halogens is 1. The number of para-hydroxylation sites is 1. The maximum Gasteiger partial charge on any atom is 0.277 e. The average Bonchev–Trinajstić information content (AvgIpc) is 3.09. The summed E-state index contributed by atoms with van der Waals surface area (Å²) >= 11 is 7.26. The van der Waals surface area contributed by atoms with E-state index in [2.05, 4.69) is 22.4 Å². The molecule has 8 heteroatoms. The molecular weight excluding hydrogens is 374 g/mol. The third-order valence-corrected chi connectivity index (χ3v) is 5.55. The highest BCUT2D eigenvalue weighted by Crippen LogP contribution is 2.25. The molecule has 0 bridgehead atoms. The first kappa shape index (κ1) is 19.0. The first-order valence-electron chi connectivity index (χ1n) is 8.73. The number of amides is 1. The van der Waals surface area contributed by atoms with Crippen molar-refractivity contribution in [3.8, 4) is 5.75 Å². The summed E-state index contributed by atoms with van der Waals surface area (Å²) in [5.41, 5.74) is 0. The Morgan fingerprint density at radius 2 is 2.15 bits per heavy atom. The largest absolute Gasteiger partial charge is 0.482 e. The predicted molar refractivity (Wildman–Crippen MR) is 100 cm³/mol. The van der Waals surface area contributed by atoms with E-state index in [0.29, 0.717) is 27.8 Å². The molecule has 140 valence electrons. The number of benzene rings is 1. The molecule has 0 aliphatic heterocycles. The number of hydrogen-bond acceptors (Lipinski definition) is 6. The lowest BCUT2D eigenvalue weighted by Crippen LogP contribution is -2.41. The molecular formula is C18H22ClN3O3S. The van der Waals surface area contributed by atoms with Gasteiger partial charge in [-0.25, -0.2) is 0 Å². The summed E-state index contributed by atoms with van der Waals surface area (Å²) in [4.78, 5) is 12.1. The minimum absolute atomic E-state index is 0.000757. The number of ether oxygens (including phenoxy) is 1. The van der Waals surface area contributed by atoms with Gasteiger partial charge in [-0.1, -0.05) is 55.3 Å². The standard InChI is InChI=1S/C18H22ClN3O3S/c1-12-6-2-4-8-14(12)20-16(23)11-26-18-22-21-17(25-18)10-24-15-9-5-3-7-13(15)19/h3,5,7,9,12,14H,2,4,6,8,10-11H2,1H3,(H,20,23)/t12-,14+/m0/s1. The van der Waals surface area contributed by atoms with Crippen LogP contribution in [0.1, 0.15) is 38.5 Å². The third kappa shape index (κ3) is 5.38. The van der Waals surface area contributed by atoms with Gasteiger partial charge in [0.2, 0.25) is 5.91 Å². The van der Waals surface area contributed by atoms with Crippen LogP contribution in [0.4, 0.5) is 0 Å². The van der Waals surface area contributed by atoms with Crippen LogP contribution in [0, 0.1) is 5.92 Å². The van der Waals surface area contributed by atoms with Crippen molar-refractivity contribution < 1.29 is 13.9 Å². The molecule has 2 atom stereocenters. The molecule has 26 heavy (non-hydrogen) atoms. The summed E-state index contributed by atoms with van der Waals surface area (Å²) in [5.74, 6) is 1.70. The van der Waals surface area contributed by atoms with Crippen LogP contribution in [0.2, 0.25) is 5.02 Å². The molecule has 1 aromatic carbocycles. The van der Waals surface area contributed by atoms with Crippen LogP contribution in [0.3, 0.4) is 0 Å². The van der Waals surface area contributed by atoms with Gasteiger partial charge < -0.3 is 14.5 Å². The van der Waals surface area contributed by atoms with E-state index >= 15 is 0 Å². The van der Waals surface area contributed by atoms with E-state index in [1.807, 2.05) is 12.1 Å². The number of carbonyl (C=O) groups is 1. The van der Waals surface area contributed by atoms with Crippen molar-refractivity contribution in [3.63, 3.8) is 0 Å². The van der Waals surface area contributed by atoms with E-state index in [0.717, 1.165) is 6.42 Å². The van der Waals surface area contributed by atoms with Crippen LogP contribution in [0.5, 0.6) is 5.75 Å². The van der Waals surface area contributed by atoms with E-state index in [9.17, 15) is 4.79 Å². The quantitative estimate of drug-likeness (QED) is 0.711. The number of nitrogens with zero attached hydrogens (tertiary/aromatic N) is 2. The van der Waals surface area contributed by atoms with Gasteiger partial charge in [0.05, 0.1) is 10.8 Å². The SMILES string of the molecule is C[C@H]1CCCC[C@H]1NC(=O)CSc1nnc(COc2ccccc2Cl)o1. The lowest BCUT2D eigenvalue weighted by atomic mass is 9.86. The van der Waals surface area contributed by atoms with Crippen LogP contribution in [-0.2, 0) is 11.4 Å². The Labute approximate surface area is 162 Å². The molecule has 1 N–H and O–H groups in total. The van der Waals surface area contributed by atoms with Crippen LogP contribution < -0.4 is 10.1 Å². The van der Waals surface area contributed by atoms with Gasteiger partial charge in [0.1, 0.15) is 5.75 Å². The Morgan fingerprint density at radius 1 is 1.35 bits per heavy atom. The topological polar surface area (TPSA) is 77.2 Å². The molecule has 3 rings (SSSR count). The monoisotopic (exact) mass is 395 g/mol. The number of thioether (sulfide) groups is 1. The second-order valence-corrected chi connectivity index (χ2v) is 7.74. The van der Waals surface area contributed by atoms with E-state index < -0.39 is 0 Å². The Bertz CT molecular complexity index is 740. The first-order chi connectivity index (χ1) is 12.6. The van der Waals surface area contributed by atoms with E-state index in [-0.39, 0.29) is 24.3 Å². The molecule has 1 fully saturated rings.